The lowest BCUT2D eigenvalue weighted by Gasteiger charge is -1.99. The highest BCUT2D eigenvalue weighted by Crippen LogP contribution is 2.41. The number of rotatable bonds is 2. The Hall–Kier alpha value is -0.990. The van der Waals surface area contributed by atoms with E-state index in [1.54, 1.807) is 0 Å². The maximum absolute atomic E-state index is 10.6. The molecule has 1 fully saturated rings. The monoisotopic (exact) mass is 154 g/mol. The van der Waals surface area contributed by atoms with Crippen molar-refractivity contribution in [2.75, 3.05) is 6.61 Å². The second-order valence-corrected chi connectivity index (χ2v) is 3.02. The molecule has 1 aliphatic carbocycles. The van der Waals surface area contributed by atoms with Crippen molar-refractivity contribution in [2.24, 2.45) is 5.92 Å². The van der Waals surface area contributed by atoms with Crippen LogP contribution >= 0.6 is 0 Å². The first-order chi connectivity index (χ1) is 5.29. The smallest absolute Gasteiger partial charge is 0.335 e. The number of hydrogen-bond acceptors (Lipinski definition) is 2. The zero-order valence-corrected chi connectivity index (χ0v) is 6.17. The van der Waals surface area contributed by atoms with Gasteiger partial charge in [-0.05, 0) is 12.8 Å². The standard InChI is InChI=1S/C8H10O3/c9-8(10)6-3-4-11-7(6)5-1-2-5/h5H,1-4H2,(H,9,10). The third-order valence-corrected chi connectivity index (χ3v) is 2.11. The van der Waals surface area contributed by atoms with E-state index in [0.717, 1.165) is 18.6 Å². The molecule has 0 amide bonds. The summed E-state index contributed by atoms with van der Waals surface area (Å²) in [6.07, 6.45) is 2.79. The summed E-state index contributed by atoms with van der Waals surface area (Å²) in [4.78, 5) is 10.6. The SMILES string of the molecule is O=C(O)C1=C(C2CC2)OCC1. The molecule has 11 heavy (non-hydrogen) atoms. The number of hydrogen-bond donors (Lipinski definition) is 1. The lowest BCUT2D eigenvalue weighted by atomic mass is 10.1. The minimum absolute atomic E-state index is 0.434. The van der Waals surface area contributed by atoms with Crippen LogP contribution in [0.3, 0.4) is 0 Å². The molecule has 1 heterocycles. The molecule has 0 aromatic heterocycles. The van der Waals surface area contributed by atoms with Gasteiger partial charge >= 0.3 is 5.97 Å². The van der Waals surface area contributed by atoms with Crippen molar-refractivity contribution >= 4 is 5.97 Å². The molecule has 0 aromatic carbocycles. The third-order valence-electron chi connectivity index (χ3n) is 2.11. The van der Waals surface area contributed by atoms with Crippen molar-refractivity contribution in [1.29, 1.82) is 0 Å². The van der Waals surface area contributed by atoms with Crippen molar-refractivity contribution in [3.05, 3.63) is 11.3 Å². The van der Waals surface area contributed by atoms with E-state index in [1.165, 1.54) is 0 Å². The molecular formula is C8H10O3. The average molecular weight is 154 g/mol. The van der Waals surface area contributed by atoms with E-state index < -0.39 is 5.97 Å². The zero-order chi connectivity index (χ0) is 7.84. The zero-order valence-electron chi connectivity index (χ0n) is 6.17. The van der Waals surface area contributed by atoms with Crippen LogP contribution in [0.4, 0.5) is 0 Å². The lowest BCUT2D eigenvalue weighted by molar-refractivity contribution is -0.132. The van der Waals surface area contributed by atoms with Gasteiger partial charge in [0.1, 0.15) is 5.76 Å². The summed E-state index contributed by atoms with van der Waals surface area (Å²) in [5.41, 5.74) is 0.507. The average Bonchev–Trinajstić information content (AvgIpc) is 2.68. The van der Waals surface area contributed by atoms with E-state index in [0.29, 0.717) is 24.5 Å². The summed E-state index contributed by atoms with van der Waals surface area (Å²) in [6, 6.07) is 0. The Labute approximate surface area is 64.7 Å². The number of carboxylic acid groups (broad SMARTS) is 1. The summed E-state index contributed by atoms with van der Waals surface area (Å²) in [6.45, 7) is 0.563. The highest BCUT2D eigenvalue weighted by atomic mass is 16.5. The van der Waals surface area contributed by atoms with Crippen molar-refractivity contribution in [1.82, 2.24) is 0 Å². The van der Waals surface area contributed by atoms with E-state index in [4.69, 9.17) is 9.84 Å². The summed E-state index contributed by atoms with van der Waals surface area (Å²) >= 11 is 0. The Kier molecular flexibility index (Phi) is 1.37. The van der Waals surface area contributed by atoms with Crippen molar-refractivity contribution in [2.45, 2.75) is 19.3 Å². The summed E-state index contributed by atoms with van der Waals surface area (Å²) in [7, 11) is 0. The van der Waals surface area contributed by atoms with Crippen LogP contribution in [0.15, 0.2) is 11.3 Å². The van der Waals surface area contributed by atoms with Gasteiger partial charge in [-0.2, -0.15) is 0 Å². The van der Waals surface area contributed by atoms with Crippen molar-refractivity contribution in [3.8, 4) is 0 Å². The molecule has 3 heteroatoms. The van der Waals surface area contributed by atoms with Crippen LogP contribution < -0.4 is 0 Å². The van der Waals surface area contributed by atoms with Gasteiger partial charge in [0.05, 0.1) is 12.2 Å². The fourth-order valence-electron chi connectivity index (χ4n) is 1.40. The van der Waals surface area contributed by atoms with Crippen molar-refractivity contribution in [3.63, 3.8) is 0 Å². The highest BCUT2D eigenvalue weighted by Gasteiger charge is 2.34. The maximum atomic E-state index is 10.6. The Bertz CT molecular complexity index is 225. The molecule has 0 radical (unpaired) electrons. The van der Waals surface area contributed by atoms with Gasteiger partial charge in [-0.1, -0.05) is 0 Å². The molecule has 3 nitrogen and oxygen atoms in total. The quantitative estimate of drug-likeness (QED) is 0.649. The van der Waals surface area contributed by atoms with Gasteiger partial charge in [-0.15, -0.1) is 0 Å². The predicted molar refractivity (Wildman–Crippen MR) is 38.0 cm³/mol. The number of allylic oxidation sites excluding steroid dienone is 1. The van der Waals surface area contributed by atoms with Gasteiger partial charge in [-0.3, -0.25) is 0 Å². The first-order valence-corrected chi connectivity index (χ1v) is 3.88. The van der Waals surface area contributed by atoms with Gasteiger partial charge in [0.15, 0.2) is 0 Å². The number of ether oxygens (including phenoxy) is 1. The molecular weight excluding hydrogens is 144 g/mol. The molecule has 0 bridgehead atoms. The number of aliphatic carboxylic acids is 1. The summed E-state index contributed by atoms with van der Waals surface area (Å²) < 4.78 is 5.25. The fraction of sp³-hybridized carbons (Fsp3) is 0.625. The fourth-order valence-corrected chi connectivity index (χ4v) is 1.40. The number of carboxylic acids is 1. The molecule has 1 saturated carbocycles. The van der Waals surface area contributed by atoms with E-state index in [-0.39, 0.29) is 0 Å². The largest absolute Gasteiger partial charge is 0.497 e. The number of carbonyl (C=O) groups is 1. The topological polar surface area (TPSA) is 46.5 Å². The maximum Gasteiger partial charge on any atom is 0.335 e. The van der Waals surface area contributed by atoms with Gasteiger partial charge in [0.25, 0.3) is 0 Å². The van der Waals surface area contributed by atoms with Crippen LogP contribution in [0, 0.1) is 5.92 Å². The summed E-state index contributed by atoms with van der Waals surface area (Å²) in [5, 5.41) is 8.72. The van der Waals surface area contributed by atoms with E-state index in [1.807, 2.05) is 0 Å². The van der Waals surface area contributed by atoms with E-state index in [2.05, 4.69) is 0 Å². The van der Waals surface area contributed by atoms with Crippen LogP contribution in [0.2, 0.25) is 0 Å². The second-order valence-electron chi connectivity index (χ2n) is 3.02. The van der Waals surface area contributed by atoms with Gasteiger partial charge in [0, 0.05) is 12.3 Å². The Morgan fingerprint density at radius 1 is 1.55 bits per heavy atom. The minimum atomic E-state index is -0.801. The molecule has 60 valence electrons. The minimum Gasteiger partial charge on any atom is -0.497 e. The molecule has 1 N–H and O–H groups in total. The molecule has 0 saturated heterocycles. The van der Waals surface area contributed by atoms with E-state index >= 15 is 0 Å². The normalized spacial score (nSPS) is 23.6. The van der Waals surface area contributed by atoms with Gasteiger partial charge < -0.3 is 9.84 Å². The van der Waals surface area contributed by atoms with Crippen LogP contribution in [-0.4, -0.2) is 17.7 Å². The summed E-state index contributed by atoms with van der Waals surface area (Å²) in [5.74, 6) is 0.394. The lowest BCUT2D eigenvalue weighted by Crippen LogP contribution is -2.01. The van der Waals surface area contributed by atoms with Crippen LogP contribution in [0.5, 0.6) is 0 Å². The Morgan fingerprint density at radius 2 is 2.27 bits per heavy atom. The van der Waals surface area contributed by atoms with Crippen molar-refractivity contribution < 1.29 is 14.6 Å². The van der Waals surface area contributed by atoms with Crippen LogP contribution in [-0.2, 0) is 9.53 Å². The molecule has 1 aliphatic heterocycles. The Morgan fingerprint density at radius 3 is 2.82 bits per heavy atom. The molecule has 0 unspecified atom stereocenters. The van der Waals surface area contributed by atoms with Gasteiger partial charge in [-0.25, -0.2) is 4.79 Å². The molecule has 0 spiro atoms. The molecule has 2 rings (SSSR count). The second kappa shape index (κ2) is 2.26. The van der Waals surface area contributed by atoms with Crippen LogP contribution in [0.25, 0.3) is 0 Å². The first-order valence-electron chi connectivity index (χ1n) is 3.88. The predicted octanol–water partition coefficient (Wildman–Crippen LogP) is 1.16. The Balaban J connectivity index is 2.22. The third kappa shape index (κ3) is 1.11. The first kappa shape index (κ1) is 6.70. The highest BCUT2D eigenvalue weighted by molar-refractivity contribution is 5.87. The van der Waals surface area contributed by atoms with Gasteiger partial charge in [0.2, 0.25) is 0 Å². The molecule has 0 aromatic rings. The van der Waals surface area contributed by atoms with Crippen LogP contribution in [0.1, 0.15) is 19.3 Å². The van der Waals surface area contributed by atoms with E-state index in [9.17, 15) is 4.79 Å². The molecule has 2 aliphatic rings. The molecule has 0 atom stereocenters.